The third-order valence-corrected chi connectivity index (χ3v) is 12.7. The predicted molar refractivity (Wildman–Crippen MR) is 272 cm³/mol. The molecule has 0 fully saturated rings. The zero-order chi connectivity index (χ0) is 42.4. The van der Waals surface area contributed by atoms with Crippen molar-refractivity contribution in [3.8, 4) is 50.2 Å². The van der Waals surface area contributed by atoms with E-state index in [4.69, 9.17) is 0 Å². The number of benzene rings is 11. The van der Waals surface area contributed by atoms with Gasteiger partial charge in [-0.3, -0.25) is 0 Å². The van der Waals surface area contributed by atoms with Crippen LogP contribution >= 0.6 is 0 Å². The molecule has 0 radical (unpaired) electrons. The lowest BCUT2D eigenvalue weighted by molar-refractivity contribution is 1.18. The minimum atomic E-state index is 1.08. The van der Waals surface area contributed by atoms with Gasteiger partial charge in [-0.05, 0) is 116 Å². The zero-order valence-corrected chi connectivity index (χ0v) is 35.1. The summed E-state index contributed by atoms with van der Waals surface area (Å²) in [5, 5.41) is 7.18. The monoisotopic (exact) mass is 814 g/mol. The second-order valence-corrected chi connectivity index (χ2v) is 16.5. The molecule has 0 amide bonds. The van der Waals surface area contributed by atoms with Gasteiger partial charge in [0.15, 0.2) is 0 Å². The highest BCUT2D eigenvalue weighted by atomic mass is 15.1. The van der Waals surface area contributed by atoms with Crippen LogP contribution in [-0.4, -0.2) is 4.57 Å². The highest BCUT2D eigenvalue weighted by Gasteiger charge is 2.25. The van der Waals surface area contributed by atoms with E-state index in [0.717, 1.165) is 22.7 Å². The summed E-state index contributed by atoms with van der Waals surface area (Å²) in [6, 6.07) is 92.9. The molecule has 0 aliphatic heterocycles. The molecule has 64 heavy (non-hydrogen) atoms. The first-order valence-electron chi connectivity index (χ1n) is 22.0. The first kappa shape index (κ1) is 37.3. The van der Waals surface area contributed by atoms with Crippen molar-refractivity contribution in [3.63, 3.8) is 0 Å². The molecule has 0 aliphatic rings. The van der Waals surface area contributed by atoms with Gasteiger partial charge in [0.1, 0.15) is 0 Å². The van der Waals surface area contributed by atoms with Gasteiger partial charge in [0.25, 0.3) is 0 Å². The van der Waals surface area contributed by atoms with Crippen LogP contribution in [0.3, 0.4) is 0 Å². The molecule has 11 aromatic carbocycles. The van der Waals surface area contributed by atoms with Gasteiger partial charge in [0, 0.05) is 38.6 Å². The second-order valence-electron chi connectivity index (χ2n) is 16.5. The van der Waals surface area contributed by atoms with Crippen molar-refractivity contribution < 1.29 is 0 Å². The minimum Gasteiger partial charge on any atom is -0.309 e. The van der Waals surface area contributed by atoms with Crippen LogP contribution in [0.4, 0.5) is 17.1 Å². The molecule has 0 bridgehead atoms. The molecule has 0 atom stereocenters. The van der Waals surface area contributed by atoms with E-state index in [2.05, 4.69) is 264 Å². The van der Waals surface area contributed by atoms with E-state index < -0.39 is 0 Å². The van der Waals surface area contributed by atoms with Crippen LogP contribution in [0, 0.1) is 0 Å². The van der Waals surface area contributed by atoms with Crippen molar-refractivity contribution in [1.82, 2.24) is 4.57 Å². The summed E-state index contributed by atoms with van der Waals surface area (Å²) < 4.78 is 2.39. The number of hydrogen-bond donors (Lipinski definition) is 0. The Morgan fingerprint density at radius 3 is 1.33 bits per heavy atom. The number of para-hydroxylation sites is 2. The number of nitrogens with zero attached hydrogens (tertiary/aromatic N) is 2. The van der Waals surface area contributed by atoms with Crippen LogP contribution in [0.1, 0.15) is 0 Å². The highest BCUT2D eigenvalue weighted by Crippen LogP contribution is 2.50. The maximum absolute atomic E-state index is 2.51. The van der Waals surface area contributed by atoms with Gasteiger partial charge in [-0.2, -0.15) is 0 Å². The van der Waals surface area contributed by atoms with Crippen molar-refractivity contribution in [2.24, 2.45) is 0 Å². The third-order valence-electron chi connectivity index (χ3n) is 12.7. The summed E-state index contributed by atoms with van der Waals surface area (Å²) in [6.45, 7) is 0. The van der Waals surface area contributed by atoms with E-state index in [1.165, 1.54) is 87.9 Å². The highest BCUT2D eigenvalue weighted by molar-refractivity contribution is 6.24. The molecule has 0 N–H and O–H groups in total. The van der Waals surface area contributed by atoms with Crippen LogP contribution in [0.25, 0.3) is 93.5 Å². The van der Waals surface area contributed by atoms with Crippen molar-refractivity contribution in [3.05, 3.63) is 255 Å². The van der Waals surface area contributed by atoms with Gasteiger partial charge >= 0.3 is 0 Å². The first-order valence-corrected chi connectivity index (χ1v) is 22.0. The number of rotatable bonds is 8. The molecule has 0 saturated heterocycles. The maximum Gasteiger partial charge on any atom is 0.0619 e. The van der Waals surface area contributed by atoms with E-state index in [1.807, 2.05) is 0 Å². The van der Waals surface area contributed by atoms with Crippen molar-refractivity contribution >= 4 is 60.4 Å². The number of hydrogen-bond acceptors (Lipinski definition) is 1. The molecular formula is C62H42N2. The Bertz CT molecular complexity index is 3620. The Morgan fingerprint density at radius 1 is 0.250 bits per heavy atom. The fraction of sp³-hybridized carbons (Fsp3) is 0. The Balaban J connectivity index is 1.21. The summed E-state index contributed by atoms with van der Waals surface area (Å²) in [5.41, 5.74) is 16.3. The maximum atomic E-state index is 2.51. The molecule has 0 saturated carbocycles. The number of anilines is 3. The fourth-order valence-electron chi connectivity index (χ4n) is 9.78. The van der Waals surface area contributed by atoms with E-state index in [0.29, 0.717) is 0 Å². The van der Waals surface area contributed by atoms with Gasteiger partial charge < -0.3 is 9.47 Å². The second kappa shape index (κ2) is 15.8. The Kier molecular flexibility index (Phi) is 9.20. The molecule has 300 valence electrons. The molecule has 2 nitrogen and oxygen atoms in total. The van der Waals surface area contributed by atoms with Crippen LogP contribution in [-0.2, 0) is 0 Å². The molecular weight excluding hydrogens is 773 g/mol. The zero-order valence-electron chi connectivity index (χ0n) is 35.1. The normalized spacial score (nSPS) is 11.4. The lowest BCUT2D eigenvalue weighted by atomic mass is 9.87. The molecule has 12 aromatic rings. The topological polar surface area (TPSA) is 8.17 Å². The van der Waals surface area contributed by atoms with Crippen LogP contribution in [0.5, 0.6) is 0 Å². The summed E-state index contributed by atoms with van der Waals surface area (Å²) in [6.07, 6.45) is 0. The third kappa shape index (κ3) is 6.44. The SMILES string of the molecule is c1ccc(-c2ccc(N(c3ccc4c(c3)c3ccccc3n4-c3ccccc3)c3c4ccc(-c5ccccc5)cc4c(-c4ccccc4)c4ccc(-c5ccccc5)cc34)cc2)cc1. The minimum absolute atomic E-state index is 1.08. The van der Waals surface area contributed by atoms with Crippen LogP contribution in [0.15, 0.2) is 255 Å². The van der Waals surface area contributed by atoms with Crippen molar-refractivity contribution in [2.45, 2.75) is 0 Å². The lowest BCUT2D eigenvalue weighted by Crippen LogP contribution is -2.12. The van der Waals surface area contributed by atoms with E-state index in [-0.39, 0.29) is 0 Å². The summed E-state index contributed by atoms with van der Waals surface area (Å²) in [7, 11) is 0. The van der Waals surface area contributed by atoms with Crippen LogP contribution < -0.4 is 4.90 Å². The largest absolute Gasteiger partial charge is 0.309 e. The van der Waals surface area contributed by atoms with Crippen molar-refractivity contribution in [1.29, 1.82) is 0 Å². The van der Waals surface area contributed by atoms with E-state index >= 15 is 0 Å². The number of fused-ring (bicyclic) bond motifs is 5. The average Bonchev–Trinajstić information content (AvgIpc) is 3.71. The molecule has 0 aliphatic carbocycles. The lowest BCUT2D eigenvalue weighted by Gasteiger charge is -2.30. The predicted octanol–water partition coefficient (Wildman–Crippen LogP) is 17.2. The van der Waals surface area contributed by atoms with Gasteiger partial charge in [-0.1, -0.05) is 194 Å². The molecule has 1 heterocycles. The Morgan fingerprint density at radius 2 is 0.703 bits per heavy atom. The summed E-state index contributed by atoms with van der Waals surface area (Å²) in [4.78, 5) is 2.51. The first-order chi connectivity index (χ1) is 31.8. The van der Waals surface area contributed by atoms with Gasteiger partial charge in [-0.25, -0.2) is 0 Å². The Labute approximate surface area is 373 Å². The van der Waals surface area contributed by atoms with Crippen molar-refractivity contribution in [2.75, 3.05) is 4.90 Å². The summed E-state index contributed by atoms with van der Waals surface area (Å²) in [5.74, 6) is 0. The molecule has 0 spiro atoms. The molecule has 12 rings (SSSR count). The van der Waals surface area contributed by atoms with Crippen LogP contribution in [0.2, 0.25) is 0 Å². The van der Waals surface area contributed by atoms with E-state index in [9.17, 15) is 0 Å². The van der Waals surface area contributed by atoms with Gasteiger partial charge in [-0.15, -0.1) is 0 Å². The van der Waals surface area contributed by atoms with Gasteiger partial charge in [0.2, 0.25) is 0 Å². The molecule has 0 unspecified atom stereocenters. The standard InChI is InChI=1S/C62H42N2/c1-6-18-43(19-7-1)46-30-34-51(35-31-46)63(52-36-39-60-56(42-52)53-28-16-17-29-59(53)64(60)50-26-14-5-15-27-50)62-55-38-33-48(44-20-8-2-9-21-44)40-57(55)61(47-24-12-4-13-25-47)54-37-32-49(41-58(54)62)45-22-10-3-11-23-45/h1-42H. The molecule has 2 heteroatoms. The average molecular weight is 815 g/mol. The Hall–Kier alpha value is -8.46. The smallest absolute Gasteiger partial charge is 0.0619 e. The fourth-order valence-corrected chi connectivity index (χ4v) is 9.78. The quantitative estimate of drug-likeness (QED) is 0.139. The van der Waals surface area contributed by atoms with E-state index in [1.54, 1.807) is 0 Å². The number of aromatic nitrogens is 1. The van der Waals surface area contributed by atoms with Gasteiger partial charge in [0.05, 0.1) is 16.7 Å². The summed E-state index contributed by atoms with van der Waals surface area (Å²) >= 11 is 0. The molecule has 1 aromatic heterocycles.